The monoisotopic (exact) mass is 321 g/mol. The van der Waals surface area contributed by atoms with Gasteiger partial charge in [0.25, 0.3) is 5.91 Å². The lowest BCUT2D eigenvalue weighted by Gasteiger charge is -2.19. The van der Waals surface area contributed by atoms with Crippen LogP contribution in [0.25, 0.3) is 0 Å². The van der Waals surface area contributed by atoms with Crippen LogP contribution in [0.4, 0.5) is 5.82 Å². The van der Waals surface area contributed by atoms with Crippen molar-refractivity contribution in [2.45, 2.75) is 13.8 Å². The van der Waals surface area contributed by atoms with Gasteiger partial charge in [-0.2, -0.15) is 5.10 Å². The number of rotatable bonds is 2. The van der Waals surface area contributed by atoms with Crippen molar-refractivity contribution in [3.63, 3.8) is 0 Å². The molecule has 0 N–H and O–H groups in total. The van der Waals surface area contributed by atoms with E-state index in [1.54, 1.807) is 22.8 Å². The van der Waals surface area contributed by atoms with Crippen LogP contribution < -0.4 is 4.90 Å². The van der Waals surface area contributed by atoms with Crippen LogP contribution in [-0.4, -0.2) is 22.7 Å². The van der Waals surface area contributed by atoms with Gasteiger partial charge in [-0.25, -0.2) is 0 Å². The highest BCUT2D eigenvalue weighted by atomic mass is 79.9. The van der Waals surface area contributed by atoms with E-state index < -0.39 is 0 Å². The van der Waals surface area contributed by atoms with E-state index >= 15 is 0 Å². The zero-order valence-corrected chi connectivity index (χ0v) is 13.0. The number of amides is 1. The average molecular weight is 322 g/mol. The van der Waals surface area contributed by atoms with E-state index in [0.717, 1.165) is 21.4 Å². The molecule has 2 aromatic rings. The second-order valence-electron chi connectivity index (χ2n) is 4.60. The highest BCUT2D eigenvalue weighted by Gasteiger charge is 2.19. The Morgan fingerprint density at radius 1 is 1.37 bits per heavy atom. The molecule has 0 aliphatic rings. The summed E-state index contributed by atoms with van der Waals surface area (Å²) in [6, 6.07) is 5.74. The van der Waals surface area contributed by atoms with E-state index in [1.807, 2.05) is 39.1 Å². The number of carbonyl (C=O) groups excluding carboxylic acids is 1. The summed E-state index contributed by atoms with van der Waals surface area (Å²) < 4.78 is 2.63. The van der Waals surface area contributed by atoms with Crippen LogP contribution in [0.3, 0.4) is 0 Å². The molecule has 5 heteroatoms. The predicted octanol–water partition coefficient (Wildman–Crippen LogP) is 3.08. The maximum absolute atomic E-state index is 12.6. The molecule has 0 radical (unpaired) electrons. The summed E-state index contributed by atoms with van der Waals surface area (Å²) in [4.78, 5) is 14.2. The van der Waals surface area contributed by atoms with Gasteiger partial charge in [0.15, 0.2) is 0 Å². The van der Waals surface area contributed by atoms with Crippen molar-refractivity contribution in [3.8, 4) is 0 Å². The third kappa shape index (κ3) is 2.56. The molecule has 0 bridgehead atoms. The molecule has 4 nitrogen and oxygen atoms in total. The normalized spacial score (nSPS) is 10.6. The van der Waals surface area contributed by atoms with E-state index in [-0.39, 0.29) is 5.91 Å². The van der Waals surface area contributed by atoms with Gasteiger partial charge in [-0.05, 0) is 37.1 Å². The fourth-order valence-corrected chi connectivity index (χ4v) is 2.59. The molecule has 19 heavy (non-hydrogen) atoms. The Kier molecular flexibility index (Phi) is 3.75. The maximum Gasteiger partial charge on any atom is 0.259 e. The Balaban J connectivity index is 2.43. The zero-order valence-electron chi connectivity index (χ0n) is 11.4. The number of benzene rings is 1. The minimum Gasteiger partial charge on any atom is -0.296 e. The Morgan fingerprint density at radius 3 is 2.63 bits per heavy atom. The molecule has 0 fully saturated rings. The molecule has 0 saturated carbocycles. The minimum absolute atomic E-state index is 0.0366. The second-order valence-corrected chi connectivity index (χ2v) is 5.45. The third-order valence-electron chi connectivity index (χ3n) is 3.16. The molecule has 0 atom stereocenters. The molecule has 1 amide bonds. The quantitative estimate of drug-likeness (QED) is 0.852. The molecule has 100 valence electrons. The van der Waals surface area contributed by atoms with Crippen LogP contribution in [-0.2, 0) is 7.05 Å². The molecule has 1 aromatic carbocycles. The second kappa shape index (κ2) is 5.17. The number of aromatic nitrogens is 2. The van der Waals surface area contributed by atoms with Gasteiger partial charge in [-0.15, -0.1) is 0 Å². The van der Waals surface area contributed by atoms with Crippen LogP contribution in [0.2, 0.25) is 0 Å². The van der Waals surface area contributed by atoms with E-state index in [9.17, 15) is 4.79 Å². The number of hydrogen-bond acceptors (Lipinski definition) is 2. The SMILES string of the molecule is Cc1cc(Br)c(C)c(C(=O)N(C)c2ccnn2C)c1. The number of aryl methyl sites for hydroxylation is 2. The van der Waals surface area contributed by atoms with Crippen LogP contribution in [0.1, 0.15) is 21.5 Å². The first kappa shape index (κ1) is 13.8. The van der Waals surface area contributed by atoms with Crippen molar-refractivity contribution in [1.82, 2.24) is 9.78 Å². The summed E-state index contributed by atoms with van der Waals surface area (Å²) in [7, 11) is 3.58. The molecule has 2 rings (SSSR count). The largest absolute Gasteiger partial charge is 0.296 e. The van der Waals surface area contributed by atoms with Gasteiger partial charge in [-0.3, -0.25) is 14.4 Å². The Bertz CT molecular complexity index is 634. The number of carbonyl (C=O) groups is 1. The molecule has 0 spiro atoms. The minimum atomic E-state index is -0.0366. The van der Waals surface area contributed by atoms with Gasteiger partial charge in [0.1, 0.15) is 5.82 Å². The molecule has 0 unspecified atom stereocenters. The molecule has 1 aromatic heterocycles. The fourth-order valence-electron chi connectivity index (χ4n) is 2.02. The summed E-state index contributed by atoms with van der Waals surface area (Å²) in [5.74, 6) is 0.729. The van der Waals surface area contributed by atoms with Gasteiger partial charge in [-0.1, -0.05) is 15.9 Å². The summed E-state index contributed by atoms with van der Waals surface area (Å²) >= 11 is 3.49. The van der Waals surface area contributed by atoms with Gasteiger partial charge >= 0.3 is 0 Å². The highest BCUT2D eigenvalue weighted by Crippen LogP contribution is 2.24. The fraction of sp³-hybridized carbons (Fsp3) is 0.286. The Labute approximate surface area is 121 Å². The summed E-state index contributed by atoms with van der Waals surface area (Å²) in [5.41, 5.74) is 2.71. The van der Waals surface area contributed by atoms with Crippen LogP contribution >= 0.6 is 15.9 Å². The van der Waals surface area contributed by atoms with Crippen LogP contribution in [0, 0.1) is 13.8 Å². The van der Waals surface area contributed by atoms with Crippen molar-refractivity contribution in [3.05, 3.63) is 45.6 Å². The van der Waals surface area contributed by atoms with E-state index in [4.69, 9.17) is 0 Å². The molecule has 0 aliphatic carbocycles. The summed E-state index contributed by atoms with van der Waals surface area (Å²) in [6.07, 6.45) is 1.68. The lowest BCUT2D eigenvalue weighted by molar-refractivity contribution is 0.0990. The Hall–Kier alpha value is -1.62. The third-order valence-corrected chi connectivity index (χ3v) is 3.99. The Morgan fingerprint density at radius 2 is 2.05 bits per heavy atom. The first-order valence-corrected chi connectivity index (χ1v) is 6.74. The van der Waals surface area contributed by atoms with E-state index in [1.165, 1.54) is 0 Å². The number of hydrogen-bond donors (Lipinski definition) is 0. The first-order valence-electron chi connectivity index (χ1n) is 5.94. The van der Waals surface area contributed by atoms with Crippen LogP contribution in [0.15, 0.2) is 28.9 Å². The number of halogens is 1. The van der Waals surface area contributed by atoms with Crippen LogP contribution in [0.5, 0.6) is 0 Å². The summed E-state index contributed by atoms with van der Waals surface area (Å²) in [6.45, 7) is 3.92. The molecular formula is C14H16BrN3O. The lowest BCUT2D eigenvalue weighted by Crippen LogP contribution is -2.29. The van der Waals surface area contributed by atoms with Crippen molar-refractivity contribution in [1.29, 1.82) is 0 Å². The predicted molar refractivity (Wildman–Crippen MR) is 79.6 cm³/mol. The van der Waals surface area contributed by atoms with Gasteiger partial charge < -0.3 is 0 Å². The summed E-state index contributed by atoms with van der Waals surface area (Å²) in [5, 5.41) is 4.08. The average Bonchev–Trinajstić information content (AvgIpc) is 2.78. The van der Waals surface area contributed by atoms with Gasteiger partial charge in [0, 0.05) is 30.2 Å². The number of nitrogens with zero attached hydrogens (tertiary/aromatic N) is 3. The standard InChI is InChI=1S/C14H16BrN3O/c1-9-7-11(10(2)12(15)8-9)14(19)17(3)13-5-6-16-18(13)4/h5-8H,1-4H3. The first-order chi connectivity index (χ1) is 8.91. The number of anilines is 1. The van der Waals surface area contributed by atoms with Crippen molar-refractivity contribution < 1.29 is 4.79 Å². The lowest BCUT2D eigenvalue weighted by atomic mass is 10.0. The van der Waals surface area contributed by atoms with Crippen molar-refractivity contribution in [2.24, 2.45) is 7.05 Å². The zero-order chi connectivity index (χ0) is 14.2. The molecule has 0 aliphatic heterocycles. The highest BCUT2D eigenvalue weighted by molar-refractivity contribution is 9.10. The molecule has 0 saturated heterocycles. The van der Waals surface area contributed by atoms with Gasteiger partial charge in [0.2, 0.25) is 0 Å². The topological polar surface area (TPSA) is 38.1 Å². The maximum atomic E-state index is 12.6. The molecule has 1 heterocycles. The van der Waals surface area contributed by atoms with Gasteiger partial charge in [0.05, 0.1) is 6.20 Å². The van der Waals surface area contributed by atoms with Crippen molar-refractivity contribution in [2.75, 3.05) is 11.9 Å². The molecular weight excluding hydrogens is 306 g/mol. The van der Waals surface area contributed by atoms with E-state index in [2.05, 4.69) is 21.0 Å². The van der Waals surface area contributed by atoms with Crippen molar-refractivity contribution >= 4 is 27.7 Å². The smallest absolute Gasteiger partial charge is 0.259 e. The van der Waals surface area contributed by atoms with E-state index in [0.29, 0.717) is 5.56 Å².